The van der Waals surface area contributed by atoms with Crippen LogP contribution in [0, 0.1) is 5.82 Å². The average molecular weight is 261 g/mol. The van der Waals surface area contributed by atoms with Gasteiger partial charge in [-0.2, -0.15) is 0 Å². The van der Waals surface area contributed by atoms with Gasteiger partial charge < -0.3 is 4.74 Å². The molecule has 100 valence electrons. The minimum absolute atomic E-state index is 0.304. The molecule has 0 fully saturated rings. The Hall–Kier alpha value is -2.10. The highest BCUT2D eigenvalue weighted by molar-refractivity contribution is 6.00. The highest BCUT2D eigenvalue weighted by Crippen LogP contribution is 2.24. The highest BCUT2D eigenvalue weighted by Gasteiger charge is 2.16. The van der Waals surface area contributed by atoms with Crippen molar-refractivity contribution in [3.05, 3.63) is 42.2 Å². The van der Waals surface area contributed by atoms with Crippen molar-refractivity contribution in [2.24, 2.45) is 0 Å². The maximum atomic E-state index is 13.1. The van der Waals surface area contributed by atoms with Gasteiger partial charge in [0.1, 0.15) is 11.4 Å². The minimum atomic E-state index is -0.555. The molecule has 0 radical (unpaired) electrons. The van der Waals surface area contributed by atoms with Gasteiger partial charge in [-0.15, -0.1) is 0 Å². The lowest BCUT2D eigenvalue weighted by Gasteiger charge is -2.20. The number of benzene rings is 2. The lowest BCUT2D eigenvalue weighted by Crippen LogP contribution is -2.27. The zero-order valence-electron chi connectivity index (χ0n) is 11.2. The summed E-state index contributed by atoms with van der Waals surface area (Å²) in [5.41, 5.74) is 0.0487. The molecule has 0 aliphatic heterocycles. The molecule has 3 nitrogen and oxygen atoms in total. The standard InChI is InChI=1S/C15H16FNO2/c1-15(2,3)19-14(18)17-13-6-4-5-10-9-11(16)7-8-12(10)13/h4-9H,1-3H3,(H,17,18). The Bertz CT molecular complexity index is 617. The molecule has 2 aromatic carbocycles. The molecule has 0 bridgehead atoms. The van der Waals surface area contributed by atoms with Crippen LogP contribution in [0.2, 0.25) is 0 Å². The summed E-state index contributed by atoms with van der Waals surface area (Å²) in [6.45, 7) is 5.39. The molecule has 0 aliphatic carbocycles. The molecule has 0 spiro atoms. The van der Waals surface area contributed by atoms with Crippen LogP contribution in [0.3, 0.4) is 0 Å². The molecule has 0 saturated carbocycles. The Morgan fingerprint density at radius 1 is 1.21 bits per heavy atom. The van der Waals surface area contributed by atoms with Gasteiger partial charge in [-0.25, -0.2) is 9.18 Å². The van der Waals surface area contributed by atoms with E-state index < -0.39 is 11.7 Å². The summed E-state index contributed by atoms with van der Waals surface area (Å²) >= 11 is 0. The molecular formula is C15H16FNO2. The summed E-state index contributed by atoms with van der Waals surface area (Å²) in [6.07, 6.45) is -0.524. The summed E-state index contributed by atoms with van der Waals surface area (Å²) in [6, 6.07) is 9.73. The second kappa shape index (κ2) is 4.88. The lowest BCUT2D eigenvalue weighted by molar-refractivity contribution is 0.0636. The zero-order chi connectivity index (χ0) is 14.0. The second-order valence-corrected chi connectivity index (χ2v) is 5.30. The van der Waals surface area contributed by atoms with Crippen molar-refractivity contribution in [2.75, 3.05) is 5.32 Å². The molecule has 4 heteroatoms. The number of carbonyl (C=O) groups excluding carboxylic acids is 1. The number of hydrogen-bond donors (Lipinski definition) is 1. The molecule has 2 aromatic rings. The highest BCUT2D eigenvalue weighted by atomic mass is 19.1. The predicted octanol–water partition coefficient (Wildman–Crippen LogP) is 4.33. The topological polar surface area (TPSA) is 38.3 Å². The van der Waals surface area contributed by atoms with Crippen molar-refractivity contribution in [1.82, 2.24) is 0 Å². The molecule has 1 N–H and O–H groups in total. The van der Waals surface area contributed by atoms with Crippen LogP contribution in [0.4, 0.5) is 14.9 Å². The van der Waals surface area contributed by atoms with E-state index in [2.05, 4.69) is 5.32 Å². The number of rotatable bonds is 1. The maximum Gasteiger partial charge on any atom is 0.412 e. The molecule has 0 atom stereocenters. The van der Waals surface area contributed by atoms with E-state index in [0.29, 0.717) is 5.69 Å². The van der Waals surface area contributed by atoms with Gasteiger partial charge in [0.2, 0.25) is 0 Å². The van der Waals surface area contributed by atoms with Crippen molar-refractivity contribution in [1.29, 1.82) is 0 Å². The van der Waals surface area contributed by atoms with Crippen LogP contribution in [0.15, 0.2) is 36.4 Å². The van der Waals surface area contributed by atoms with Crippen LogP contribution in [0.1, 0.15) is 20.8 Å². The fourth-order valence-corrected chi connectivity index (χ4v) is 1.78. The Balaban J connectivity index is 2.28. The van der Waals surface area contributed by atoms with Crippen LogP contribution < -0.4 is 5.32 Å². The monoisotopic (exact) mass is 261 g/mol. The number of fused-ring (bicyclic) bond motifs is 1. The van der Waals surface area contributed by atoms with Crippen molar-refractivity contribution in [3.63, 3.8) is 0 Å². The fraction of sp³-hybridized carbons (Fsp3) is 0.267. The first-order chi connectivity index (χ1) is 8.85. The number of carbonyl (C=O) groups is 1. The van der Waals surface area contributed by atoms with E-state index in [1.54, 1.807) is 45.0 Å². The van der Waals surface area contributed by atoms with E-state index in [0.717, 1.165) is 10.8 Å². The predicted molar refractivity (Wildman–Crippen MR) is 73.8 cm³/mol. The van der Waals surface area contributed by atoms with Crippen molar-refractivity contribution >= 4 is 22.6 Å². The molecule has 0 unspecified atom stereocenters. The normalized spacial score (nSPS) is 11.4. The Morgan fingerprint density at radius 3 is 2.63 bits per heavy atom. The number of hydrogen-bond acceptors (Lipinski definition) is 2. The minimum Gasteiger partial charge on any atom is -0.444 e. The van der Waals surface area contributed by atoms with Crippen molar-refractivity contribution in [3.8, 4) is 0 Å². The molecule has 0 saturated heterocycles. The first-order valence-electron chi connectivity index (χ1n) is 6.03. The molecule has 0 aromatic heterocycles. The largest absolute Gasteiger partial charge is 0.444 e. The van der Waals surface area contributed by atoms with Gasteiger partial charge in [-0.1, -0.05) is 12.1 Å². The number of anilines is 1. The molecule has 2 rings (SSSR count). The summed E-state index contributed by atoms with van der Waals surface area (Å²) in [4.78, 5) is 11.7. The summed E-state index contributed by atoms with van der Waals surface area (Å²) in [7, 11) is 0. The number of amides is 1. The fourth-order valence-electron chi connectivity index (χ4n) is 1.78. The van der Waals surface area contributed by atoms with Crippen molar-refractivity contribution < 1.29 is 13.9 Å². The molecule has 0 aliphatic rings. The molecule has 19 heavy (non-hydrogen) atoms. The van der Waals surface area contributed by atoms with E-state index in [-0.39, 0.29) is 5.82 Å². The first kappa shape index (κ1) is 13.3. The van der Waals surface area contributed by atoms with Crippen LogP contribution >= 0.6 is 0 Å². The van der Waals surface area contributed by atoms with Crippen LogP contribution in [0.5, 0.6) is 0 Å². The van der Waals surface area contributed by atoms with Crippen LogP contribution in [-0.2, 0) is 4.74 Å². The third-order valence-electron chi connectivity index (χ3n) is 2.48. The van der Waals surface area contributed by atoms with E-state index in [1.165, 1.54) is 12.1 Å². The lowest BCUT2D eigenvalue weighted by atomic mass is 10.1. The van der Waals surface area contributed by atoms with Gasteiger partial charge in [0, 0.05) is 5.39 Å². The van der Waals surface area contributed by atoms with Crippen molar-refractivity contribution in [2.45, 2.75) is 26.4 Å². The maximum absolute atomic E-state index is 13.1. The number of halogens is 1. The van der Waals surface area contributed by atoms with E-state index in [9.17, 15) is 9.18 Å². The van der Waals surface area contributed by atoms with E-state index in [4.69, 9.17) is 4.74 Å². The molecule has 1 amide bonds. The Labute approximate surface area is 111 Å². The number of nitrogens with one attached hydrogen (secondary N) is 1. The third kappa shape index (κ3) is 3.44. The summed E-state index contributed by atoms with van der Waals surface area (Å²) in [5, 5.41) is 4.18. The zero-order valence-corrected chi connectivity index (χ0v) is 11.2. The van der Waals surface area contributed by atoms with Crippen LogP contribution in [0.25, 0.3) is 10.8 Å². The summed E-state index contributed by atoms with van der Waals surface area (Å²) < 4.78 is 18.3. The number of ether oxygens (including phenoxy) is 1. The molecular weight excluding hydrogens is 245 g/mol. The van der Waals surface area contributed by atoms with Gasteiger partial charge >= 0.3 is 6.09 Å². The molecule has 0 heterocycles. The van der Waals surface area contributed by atoms with E-state index >= 15 is 0 Å². The van der Waals surface area contributed by atoms with E-state index in [1.807, 2.05) is 0 Å². The van der Waals surface area contributed by atoms with Gasteiger partial charge in [-0.3, -0.25) is 5.32 Å². The third-order valence-corrected chi connectivity index (χ3v) is 2.48. The van der Waals surface area contributed by atoms with Gasteiger partial charge in [0.25, 0.3) is 0 Å². The van der Waals surface area contributed by atoms with Gasteiger partial charge in [-0.05, 0) is 50.4 Å². The average Bonchev–Trinajstić information content (AvgIpc) is 2.26. The Kier molecular flexibility index (Phi) is 3.42. The smallest absolute Gasteiger partial charge is 0.412 e. The van der Waals surface area contributed by atoms with Crippen LogP contribution in [-0.4, -0.2) is 11.7 Å². The SMILES string of the molecule is CC(C)(C)OC(=O)Nc1cccc2cc(F)ccc12. The Morgan fingerprint density at radius 2 is 1.95 bits per heavy atom. The second-order valence-electron chi connectivity index (χ2n) is 5.30. The first-order valence-corrected chi connectivity index (χ1v) is 6.03. The van der Waals surface area contributed by atoms with Gasteiger partial charge in [0.05, 0.1) is 5.69 Å². The van der Waals surface area contributed by atoms with Gasteiger partial charge in [0.15, 0.2) is 0 Å². The summed E-state index contributed by atoms with van der Waals surface area (Å²) in [5.74, 6) is -0.304. The quantitative estimate of drug-likeness (QED) is 0.829.